The lowest BCUT2D eigenvalue weighted by atomic mass is 10.0. The Labute approximate surface area is 167 Å². The molecule has 0 aliphatic rings. The number of anilines is 2. The lowest BCUT2D eigenvalue weighted by molar-refractivity contribution is -0.119. The lowest BCUT2D eigenvalue weighted by Crippen LogP contribution is -2.21. The molecular weight excluding hydrogens is 372 g/mol. The van der Waals surface area contributed by atoms with Crippen molar-refractivity contribution in [3.8, 4) is 5.75 Å². The van der Waals surface area contributed by atoms with Gasteiger partial charge >= 0.3 is 5.97 Å². The molecule has 2 N–H and O–H groups in total. The SMILES string of the molecule is COc1ccc(C(=O)OCC(=O)Nc2ccc(NC(C)=O)cc2)c2ccccc12. The van der Waals surface area contributed by atoms with Crippen molar-refractivity contribution in [2.24, 2.45) is 0 Å². The first-order valence-electron chi connectivity index (χ1n) is 8.88. The van der Waals surface area contributed by atoms with E-state index in [9.17, 15) is 14.4 Å². The summed E-state index contributed by atoms with van der Waals surface area (Å²) in [6.07, 6.45) is 0. The first-order valence-corrected chi connectivity index (χ1v) is 8.88. The molecule has 7 nitrogen and oxygen atoms in total. The summed E-state index contributed by atoms with van der Waals surface area (Å²) in [5, 5.41) is 6.74. The van der Waals surface area contributed by atoms with Gasteiger partial charge in [-0.2, -0.15) is 0 Å². The van der Waals surface area contributed by atoms with Crippen LogP contribution in [0.2, 0.25) is 0 Å². The van der Waals surface area contributed by atoms with Gasteiger partial charge in [0, 0.05) is 23.7 Å². The van der Waals surface area contributed by atoms with Crippen LogP contribution in [0.15, 0.2) is 60.7 Å². The van der Waals surface area contributed by atoms with E-state index in [1.807, 2.05) is 18.2 Å². The highest BCUT2D eigenvalue weighted by atomic mass is 16.5. The Kier molecular flexibility index (Phi) is 6.09. The Morgan fingerprint density at radius 1 is 0.828 bits per heavy atom. The van der Waals surface area contributed by atoms with Gasteiger partial charge in [-0.05, 0) is 41.8 Å². The molecule has 7 heteroatoms. The average molecular weight is 392 g/mol. The van der Waals surface area contributed by atoms with E-state index in [0.29, 0.717) is 28.1 Å². The number of ether oxygens (including phenoxy) is 2. The molecular formula is C22H20N2O5. The molecule has 0 saturated carbocycles. The van der Waals surface area contributed by atoms with E-state index in [4.69, 9.17) is 9.47 Å². The van der Waals surface area contributed by atoms with Gasteiger partial charge in [0.25, 0.3) is 5.91 Å². The second-order valence-corrected chi connectivity index (χ2v) is 6.24. The highest BCUT2D eigenvalue weighted by Gasteiger charge is 2.15. The number of hydrogen-bond acceptors (Lipinski definition) is 5. The monoisotopic (exact) mass is 392 g/mol. The molecule has 0 unspecified atom stereocenters. The summed E-state index contributed by atoms with van der Waals surface area (Å²) >= 11 is 0. The third-order valence-corrected chi connectivity index (χ3v) is 4.15. The van der Waals surface area contributed by atoms with E-state index >= 15 is 0 Å². The van der Waals surface area contributed by atoms with Gasteiger partial charge in [0.1, 0.15) is 5.75 Å². The van der Waals surface area contributed by atoms with E-state index in [1.54, 1.807) is 49.6 Å². The van der Waals surface area contributed by atoms with Gasteiger partial charge < -0.3 is 20.1 Å². The molecule has 148 valence electrons. The maximum atomic E-state index is 12.5. The summed E-state index contributed by atoms with van der Waals surface area (Å²) in [4.78, 5) is 35.6. The van der Waals surface area contributed by atoms with Crippen molar-refractivity contribution in [3.05, 3.63) is 66.2 Å². The molecule has 0 bridgehead atoms. The minimum absolute atomic E-state index is 0.181. The number of rotatable bonds is 6. The second kappa shape index (κ2) is 8.88. The molecule has 0 radical (unpaired) electrons. The largest absolute Gasteiger partial charge is 0.496 e. The smallest absolute Gasteiger partial charge is 0.339 e. The van der Waals surface area contributed by atoms with E-state index in [2.05, 4.69) is 10.6 Å². The van der Waals surface area contributed by atoms with Gasteiger partial charge in [-0.15, -0.1) is 0 Å². The number of carbonyl (C=O) groups excluding carboxylic acids is 3. The van der Waals surface area contributed by atoms with Gasteiger partial charge in [0.2, 0.25) is 5.91 Å². The molecule has 0 fully saturated rings. The molecule has 0 aromatic heterocycles. The molecule has 0 saturated heterocycles. The molecule has 2 amide bonds. The lowest BCUT2D eigenvalue weighted by Gasteiger charge is -2.11. The highest BCUT2D eigenvalue weighted by Crippen LogP contribution is 2.28. The predicted octanol–water partition coefficient (Wildman–Crippen LogP) is 3.60. The fourth-order valence-corrected chi connectivity index (χ4v) is 2.87. The summed E-state index contributed by atoms with van der Waals surface area (Å²) in [7, 11) is 1.56. The Balaban J connectivity index is 1.63. The Bertz CT molecular complexity index is 1060. The predicted molar refractivity (Wildman–Crippen MR) is 110 cm³/mol. The number of hydrogen-bond donors (Lipinski definition) is 2. The van der Waals surface area contributed by atoms with Crippen LogP contribution in [0.1, 0.15) is 17.3 Å². The molecule has 3 aromatic rings. The summed E-state index contributed by atoms with van der Waals surface area (Å²) in [5.74, 6) is -0.596. The van der Waals surface area contributed by atoms with Crippen LogP contribution in [-0.4, -0.2) is 31.5 Å². The van der Waals surface area contributed by atoms with Crippen molar-refractivity contribution in [1.29, 1.82) is 0 Å². The molecule has 29 heavy (non-hydrogen) atoms. The fraction of sp³-hybridized carbons (Fsp3) is 0.136. The van der Waals surface area contributed by atoms with Crippen LogP contribution >= 0.6 is 0 Å². The van der Waals surface area contributed by atoms with Crippen molar-refractivity contribution in [2.75, 3.05) is 24.4 Å². The maximum Gasteiger partial charge on any atom is 0.339 e. The van der Waals surface area contributed by atoms with E-state index < -0.39 is 18.5 Å². The van der Waals surface area contributed by atoms with Gasteiger partial charge in [0.05, 0.1) is 12.7 Å². The van der Waals surface area contributed by atoms with Crippen molar-refractivity contribution >= 4 is 39.9 Å². The molecule has 0 atom stereocenters. The van der Waals surface area contributed by atoms with E-state index in [-0.39, 0.29) is 5.91 Å². The standard InChI is InChI=1S/C22H20N2O5/c1-14(25)23-15-7-9-16(10-8-15)24-21(26)13-29-22(27)19-11-12-20(28-2)18-6-4-3-5-17(18)19/h3-12H,13H2,1-2H3,(H,23,25)(H,24,26). The quantitative estimate of drug-likeness (QED) is 0.625. The third kappa shape index (κ3) is 4.90. The molecule has 0 spiro atoms. The minimum Gasteiger partial charge on any atom is -0.496 e. The van der Waals surface area contributed by atoms with Crippen LogP contribution in [0.4, 0.5) is 11.4 Å². The van der Waals surface area contributed by atoms with Gasteiger partial charge in [-0.3, -0.25) is 9.59 Å². The topological polar surface area (TPSA) is 93.7 Å². The van der Waals surface area contributed by atoms with E-state index in [0.717, 1.165) is 5.39 Å². The van der Waals surface area contributed by atoms with Crippen molar-refractivity contribution in [2.45, 2.75) is 6.92 Å². The van der Waals surface area contributed by atoms with Gasteiger partial charge in [0.15, 0.2) is 6.61 Å². The molecule has 0 aliphatic heterocycles. The van der Waals surface area contributed by atoms with Crippen molar-refractivity contribution in [1.82, 2.24) is 0 Å². The second-order valence-electron chi connectivity index (χ2n) is 6.24. The maximum absolute atomic E-state index is 12.5. The van der Waals surface area contributed by atoms with Gasteiger partial charge in [-0.25, -0.2) is 4.79 Å². The Morgan fingerprint density at radius 2 is 1.45 bits per heavy atom. The number of fused-ring (bicyclic) bond motifs is 1. The van der Waals surface area contributed by atoms with Crippen LogP contribution in [0.5, 0.6) is 5.75 Å². The summed E-state index contributed by atoms with van der Waals surface area (Å²) in [6.45, 7) is 0.989. The number of methoxy groups -OCH3 is 1. The van der Waals surface area contributed by atoms with Crippen LogP contribution in [0.3, 0.4) is 0 Å². The first kappa shape index (κ1) is 19.9. The normalized spacial score (nSPS) is 10.3. The number of nitrogens with one attached hydrogen (secondary N) is 2. The highest BCUT2D eigenvalue weighted by molar-refractivity contribution is 6.07. The summed E-state index contributed by atoms with van der Waals surface area (Å²) < 4.78 is 10.5. The zero-order chi connectivity index (χ0) is 20.8. The fourth-order valence-electron chi connectivity index (χ4n) is 2.87. The average Bonchev–Trinajstić information content (AvgIpc) is 2.72. The first-order chi connectivity index (χ1) is 14.0. The zero-order valence-corrected chi connectivity index (χ0v) is 16.0. The van der Waals surface area contributed by atoms with E-state index in [1.165, 1.54) is 6.92 Å². The van der Waals surface area contributed by atoms with Crippen molar-refractivity contribution < 1.29 is 23.9 Å². The molecule has 3 aromatic carbocycles. The van der Waals surface area contributed by atoms with Crippen molar-refractivity contribution in [3.63, 3.8) is 0 Å². The van der Waals surface area contributed by atoms with Crippen LogP contribution in [0, 0.1) is 0 Å². The summed E-state index contributed by atoms with van der Waals surface area (Å²) in [6, 6.07) is 17.2. The zero-order valence-electron chi connectivity index (χ0n) is 16.0. The van der Waals surface area contributed by atoms with Gasteiger partial charge in [-0.1, -0.05) is 24.3 Å². The number of amides is 2. The Morgan fingerprint density at radius 3 is 2.07 bits per heavy atom. The molecule has 3 rings (SSSR count). The minimum atomic E-state index is -0.597. The summed E-state index contributed by atoms with van der Waals surface area (Å²) in [5.41, 5.74) is 1.50. The number of carbonyl (C=O) groups is 3. The number of esters is 1. The van der Waals surface area contributed by atoms with Crippen LogP contribution < -0.4 is 15.4 Å². The Hall–Kier alpha value is -3.87. The molecule has 0 heterocycles. The van der Waals surface area contributed by atoms with Crippen LogP contribution in [-0.2, 0) is 14.3 Å². The number of benzene rings is 3. The van der Waals surface area contributed by atoms with Crippen LogP contribution in [0.25, 0.3) is 10.8 Å². The third-order valence-electron chi connectivity index (χ3n) is 4.15. The molecule has 0 aliphatic carbocycles.